The summed E-state index contributed by atoms with van der Waals surface area (Å²) in [7, 11) is -1.14. The minimum absolute atomic E-state index is 0.0848. The SMILES string of the molecule is COc1ccc(OC)c(N(CC(=O)N2CCN(c3cccc(Cl)c3)CC2)S(=O)(=O)c2ccc(C)cc2)c1. The Balaban J connectivity index is 1.61. The molecule has 0 N–H and O–H groups in total. The van der Waals surface area contributed by atoms with Crippen molar-refractivity contribution in [3.8, 4) is 11.5 Å². The molecule has 0 unspecified atom stereocenters. The lowest BCUT2D eigenvalue weighted by Gasteiger charge is -2.37. The molecule has 1 amide bonds. The molecular formula is C27H30ClN3O5S. The first-order valence-corrected chi connectivity index (χ1v) is 13.6. The molecular weight excluding hydrogens is 514 g/mol. The molecule has 196 valence electrons. The maximum Gasteiger partial charge on any atom is 0.264 e. The average molecular weight is 544 g/mol. The second kappa shape index (κ2) is 11.3. The molecule has 0 spiro atoms. The molecule has 0 atom stereocenters. The number of ether oxygens (including phenoxy) is 2. The molecule has 0 bridgehead atoms. The van der Waals surface area contributed by atoms with Crippen molar-refractivity contribution < 1.29 is 22.7 Å². The molecule has 3 aromatic rings. The number of carbonyl (C=O) groups excluding carboxylic acids is 1. The Morgan fingerprint density at radius 3 is 2.27 bits per heavy atom. The number of nitrogens with zero attached hydrogens (tertiary/aromatic N) is 3. The quantitative estimate of drug-likeness (QED) is 0.423. The lowest BCUT2D eigenvalue weighted by Crippen LogP contribution is -2.52. The highest BCUT2D eigenvalue weighted by Crippen LogP contribution is 2.36. The minimum Gasteiger partial charge on any atom is -0.497 e. The standard InChI is InChI=1S/C27H30ClN3O5S/c1-20-7-10-24(11-8-20)37(33,34)31(25-18-23(35-2)9-12-26(25)36-3)19-27(32)30-15-13-29(14-16-30)22-6-4-5-21(28)17-22/h4-12,17-18H,13-16,19H2,1-3H3. The number of aryl methyl sites for hydroxylation is 1. The third-order valence-corrected chi connectivity index (χ3v) is 8.36. The summed E-state index contributed by atoms with van der Waals surface area (Å²) < 4.78 is 39.6. The maximum absolute atomic E-state index is 13.8. The molecule has 8 nitrogen and oxygen atoms in total. The molecule has 1 heterocycles. The Kier molecular flexibility index (Phi) is 8.14. The molecule has 10 heteroatoms. The van der Waals surface area contributed by atoms with Crippen LogP contribution in [0.25, 0.3) is 0 Å². The molecule has 0 saturated carbocycles. The van der Waals surface area contributed by atoms with E-state index in [9.17, 15) is 13.2 Å². The van der Waals surface area contributed by atoms with Crippen LogP contribution in [0.5, 0.6) is 11.5 Å². The Hall–Kier alpha value is -3.43. The van der Waals surface area contributed by atoms with E-state index in [2.05, 4.69) is 4.90 Å². The van der Waals surface area contributed by atoms with Gasteiger partial charge >= 0.3 is 0 Å². The molecule has 3 aromatic carbocycles. The van der Waals surface area contributed by atoms with Crippen molar-refractivity contribution >= 4 is 38.9 Å². The number of hydrogen-bond acceptors (Lipinski definition) is 6. The molecule has 0 radical (unpaired) electrons. The van der Waals surface area contributed by atoms with E-state index in [-0.39, 0.29) is 23.0 Å². The van der Waals surface area contributed by atoms with Crippen LogP contribution in [0, 0.1) is 6.92 Å². The zero-order valence-electron chi connectivity index (χ0n) is 21.1. The highest BCUT2D eigenvalue weighted by atomic mass is 35.5. The highest BCUT2D eigenvalue weighted by molar-refractivity contribution is 7.92. The molecule has 1 saturated heterocycles. The van der Waals surface area contributed by atoms with Gasteiger partial charge in [0.05, 0.1) is 24.8 Å². The molecule has 1 fully saturated rings. The number of anilines is 2. The van der Waals surface area contributed by atoms with Crippen molar-refractivity contribution in [2.24, 2.45) is 0 Å². The Labute approximate surface area is 223 Å². The first-order chi connectivity index (χ1) is 17.7. The number of piperazine rings is 1. The van der Waals surface area contributed by atoms with Crippen molar-refractivity contribution in [1.82, 2.24) is 4.90 Å². The van der Waals surface area contributed by atoms with Gasteiger partial charge in [0.25, 0.3) is 10.0 Å². The van der Waals surface area contributed by atoms with Gasteiger partial charge in [0.1, 0.15) is 18.0 Å². The number of rotatable bonds is 8. The monoisotopic (exact) mass is 543 g/mol. The van der Waals surface area contributed by atoms with Gasteiger partial charge in [-0.25, -0.2) is 8.42 Å². The van der Waals surface area contributed by atoms with Crippen LogP contribution in [-0.4, -0.2) is 66.2 Å². The summed E-state index contributed by atoms with van der Waals surface area (Å²) in [6.45, 7) is 3.64. The number of halogens is 1. The van der Waals surface area contributed by atoms with Gasteiger partial charge in [0.15, 0.2) is 0 Å². The van der Waals surface area contributed by atoms with Crippen LogP contribution in [0.2, 0.25) is 5.02 Å². The van der Waals surface area contributed by atoms with Crippen molar-refractivity contribution in [2.45, 2.75) is 11.8 Å². The van der Waals surface area contributed by atoms with Gasteiger partial charge in [-0.3, -0.25) is 9.10 Å². The third-order valence-electron chi connectivity index (χ3n) is 6.35. The average Bonchev–Trinajstić information content (AvgIpc) is 2.91. The van der Waals surface area contributed by atoms with Crippen LogP contribution in [0.15, 0.2) is 71.6 Å². The van der Waals surface area contributed by atoms with E-state index >= 15 is 0 Å². The predicted molar refractivity (Wildman–Crippen MR) is 146 cm³/mol. The van der Waals surface area contributed by atoms with Gasteiger partial charge in [-0.15, -0.1) is 0 Å². The first kappa shape index (κ1) is 26.6. The van der Waals surface area contributed by atoms with Crippen molar-refractivity contribution in [3.63, 3.8) is 0 Å². The molecule has 1 aliphatic heterocycles. The number of methoxy groups -OCH3 is 2. The normalized spacial score (nSPS) is 13.8. The third kappa shape index (κ3) is 5.94. The zero-order valence-corrected chi connectivity index (χ0v) is 22.6. The summed E-state index contributed by atoms with van der Waals surface area (Å²) in [5.74, 6) is 0.462. The lowest BCUT2D eigenvalue weighted by atomic mass is 10.2. The smallest absolute Gasteiger partial charge is 0.264 e. The van der Waals surface area contributed by atoms with Crippen molar-refractivity contribution in [1.29, 1.82) is 0 Å². The minimum atomic E-state index is -4.10. The van der Waals surface area contributed by atoms with Gasteiger partial charge < -0.3 is 19.3 Å². The fraction of sp³-hybridized carbons (Fsp3) is 0.296. The van der Waals surface area contributed by atoms with Gasteiger partial charge in [-0.1, -0.05) is 35.4 Å². The van der Waals surface area contributed by atoms with E-state index in [1.807, 2.05) is 31.2 Å². The zero-order chi connectivity index (χ0) is 26.6. The van der Waals surface area contributed by atoms with E-state index < -0.39 is 10.0 Å². The van der Waals surface area contributed by atoms with Gasteiger partial charge in [0, 0.05) is 43.0 Å². The Morgan fingerprint density at radius 2 is 1.65 bits per heavy atom. The van der Waals surface area contributed by atoms with Gasteiger partial charge in [0.2, 0.25) is 5.91 Å². The summed E-state index contributed by atoms with van der Waals surface area (Å²) in [5, 5.41) is 0.653. The van der Waals surface area contributed by atoms with Crippen LogP contribution in [0.1, 0.15) is 5.56 Å². The van der Waals surface area contributed by atoms with Crippen molar-refractivity contribution in [2.75, 3.05) is 56.1 Å². The topological polar surface area (TPSA) is 79.4 Å². The molecule has 37 heavy (non-hydrogen) atoms. The predicted octanol–water partition coefficient (Wildman–Crippen LogP) is 4.21. The van der Waals surface area contributed by atoms with Gasteiger partial charge in [-0.05, 0) is 49.4 Å². The second-order valence-corrected chi connectivity index (χ2v) is 11.0. The number of benzene rings is 3. The van der Waals surface area contributed by atoms with Crippen LogP contribution in [0.4, 0.5) is 11.4 Å². The lowest BCUT2D eigenvalue weighted by molar-refractivity contribution is -0.129. The number of carbonyl (C=O) groups is 1. The first-order valence-electron chi connectivity index (χ1n) is 11.8. The van der Waals surface area contributed by atoms with E-state index in [4.69, 9.17) is 21.1 Å². The second-order valence-electron chi connectivity index (χ2n) is 8.71. The summed E-state index contributed by atoms with van der Waals surface area (Å²) in [4.78, 5) is 17.4. The fourth-order valence-corrected chi connectivity index (χ4v) is 5.84. The van der Waals surface area contributed by atoms with Crippen LogP contribution < -0.4 is 18.7 Å². The Bertz CT molecular complexity index is 1360. The van der Waals surface area contributed by atoms with E-state index in [0.717, 1.165) is 15.6 Å². The molecule has 1 aliphatic rings. The van der Waals surface area contributed by atoms with E-state index in [1.54, 1.807) is 47.4 Å². The summed E-state index contributed by atoms with van der Waals surface area (Å²) in [6.07, 6.45) is 0. The van der Waals surface area contributed by atoms with Crippen molar-refractivity contribution in [3.05, 3.63) is 77.3 Å². The van der Waals surface area contributed by atoms with Crippen LogP contribution >= 0.6 is 11.6 Å². The van der Waals surface area contributed by atoms with E-state index in [1.165, 1.54) is 14.2 Å². The molecule has 4 rings (SSSR count). The highest BCUT2D eigenvalue weighted by Gasteiger charge is 2.32. The largest absolute Gasteiger partial charge is 0.497 e. The van der Waals surface area contributed by atoms with Crippen LogP contribution in [-0.2, 0) is 14.8 Å². The maximum atomic E-state index is 13.8. The number of sulfonamides is 1. The van der Waals surface area contributed by atoms with Crippen LogP contribution in [0.3, 0.4) is 0 Å². The number of amides is 1. The molecule has 0 aromatic heterocycles. The molecule has 0 aliphatic carbocycles. The van der Waals surface area contributed by atoms with E-state index in [0.29, 0.717) is 42.7 Å². The fourth-order valence-electron chi connectivity index (χ4n) is 4.24. The summed E-state index contributed by atoms with van der Waals surface area (Å²) in [6, 6.07) is 19.0. The Morgan fingerprint density at radius 1 is 0.946 bits per heavy atom. The summed E-state index contributed by atoms with van der Waals surface area (Å²) >= 11 is 6.13. The number of hydrogen-bond donors (Lipinski definition) is 0. The van der Waals surface area contributed by atoms with Gasteiger partial charge in [-0.2, -0.15) is 0 Å². The summed E-state index contributed by atoms with van der Waals surface area (Å²) in [5.41, 5.74) is 2.15.